The predicted molar refractivity (Wildman–Crippen MR) is 79.4 cm³/mol. The van der Waals surface area contributed by atoms with Crippen molar-refractivity contribution in [3.63, 3.8) is 0 Å². The van der Waals surface area contributed by atoms with Gasteiger partial charge in [0, 0.05) is 20.2 Å². The first kappa shape index (κ1) is 16.1. The van der Waals surface area contributed by atoms with Gasteiger partial charge in [-0.15, -0.1) is 0 Å². The number of nitrogens with zero attached hydrogens (tertiary/aromatic N) is 1. The second kappa shape index (κ2) is 7.66. The maximum atomic E-state index is 13.8. The van der Waals surface area contributed by atoms with Crippen LogP contribution in [0, 0.1) is 11.6 Å². The summed E-state index contributed by atoms with van der Waals surface area (Å²) in [6.07, 6.45) is 0. The molecule has 22 heavy (non-hydrogen) atoms. The number of methoxy groups -OCH3 is 1. The fourth-order valence-electron chi connectivity index (χ4n) is 2.09. The van der Waals surface area contributed by atoms with Crippen LogP contribution in [0.4, 0.5) is 8.78 Å². The molecule has 0 aromatic heterocycles. The Morgan fingerprint density at radius 1 is 1.14 bits per heavy atom. The van der Waals surface area contributed by atoms with Gasteiger partial charge in [0.05, 0.1) is 12.2 Å². The van der Waals surface area contributed by atoms with Crippen molar-refractivity contribution in [3.8, 4) is 0 Å². The third-order valence-corrected chi connectivity index (χ3v) is 3.23. The molecule has 1 amide bonds. The molecule has 3 nitrogen and oxygen atoms in total. The summed E-state index contributed by atoms with van der Waals surface area (Å²) in [4.78, 5) is 13.9. The second-order valence-electron chi connectivity index (χ2n) is 4.83. The van der Waals surface area contributed by atoms with Gasteiger partial charge < -0.3 is 9.64 Å². The number of benzene rings is 2. The van der Waals surface area contributed by atoms with Crippen molar-refractivity contribution in [2.45, 2.75) is 6.54 Å². The fourth-order valence-corrected chi connectivity index (χ4v) is 2.09. The van der Waals surface area contributed by atoms with Gasteiger partial charge in [0.15, 0.2) is 0 Å². The summed E-state index contributed by atoms with van der Waals surface area (Å²) in [7, 11) is 1.52. The average Bonchev–Trinajstić information content (AvgIpc) is 2.54. The van der Waals surface area contributed by atoms with Crippen molar-refractivity contribution in [1.82, 2.24) is 4.90 Å². The lowest BCUT2D eigenvalue weighted by Gasteiger charge is -2.23. The molecule has 0 saturated heterocycles. The van der Waals surface area contributed by atoms with Gasteiger partial charge in [0.25, 0.3) is 5.91 Å². The standard InChI is InChI=1S/C17H17F2NO2/c1-22-10-9-20(12-13-5-3-2-4-6-13)17(21)15-11-14(18)7-8-16(15)19/h2-8,11H,9-10,12H2,1H3. The molecule has 0 aliphatic rings. The fraction of sp³-hybridized carbons (Fsp3) is 0.235. The number of carbonyl (C=O) groups excluding carboxylic acids is 1. The zero-order valence-corrected chi connectivity index (χ0v) is 12.3. The van der Waals surface area contributed by atoms with Crippen molar-refractivity contribution in [1.29, 1.82) is 0 Å². The summed E-state index contributed by atoms with van der Waals surface area (Å²) in [5.74, 6) is -1.93. The van der Waals surface area contributed by atoms with Crippen LogP contribution in [0.5, 0.6) is 0 Å². The molecule has 0 radical (unpaired) electrons. The lowest BCUT2D eigenvalue weighted by molar-refractivity contribution is 0.0675. The molecule has 5 heteroatoms. The summed E-state index contributed by atoms with van der Waals surface area (Å²) >= 11 is 0. The summed E-state index contributed by atoms with van der Waals surface area (Å²) in [5, 5.41) is 0. The maximum Gasteiger partial charge on any atom is 0.257 e. The third kappa shape index (κ3) is 4.11. The van der Waals surface area contributed by atoms with Gasteiger partial charge in [-0.1, -0.05) is 30.3 Å². The molecule has 0 N–H and O–H groups in total. The molecule has 0 heterocycles. The van der Waals surface area contributed by atoms with E-state index in [-0.39, 0.29) is 5.56 Å². The van der Waals surface area contributed by atoms with E-state index in [0.717, 1.165) is 23.8 Å². The Morgan fingerprint density at radius 2 is 1.86 bits per heavy atom. The molecule has 0 bridgehead atoms. The van der Waals surface area contributed by atoms with Gasteiger partial charge in [0.1, 0.15) is 11.6 Å². The van der Waals surface area contributed by atoms with Crippen LogP contribution in [0.3, 0.4) is 0 Å². The highest BCUT2D eigenvalue weighted by molar-refractivity contribution is 5.94. The van der Waals surface area contributed by atoms with E-state index < -0.39 is 17.5 Å². The van der Waals surface area contributed by atoms with Crippen LogP contribution in [-0.4, -0.2) is 31.1 Å². The SMILES string of the molecule is COCCN(Cc1ccccc1)C(=O)c1cc(F)ccc1F. The molecule has 0 atom stereocenters. The summed E-state index contributed by atoms with van der Waals surface area (Å²) in [6.45, 7) is 0.911. The van der Waals surface area contributed by atoms with Crippen molar-refractivity contribution in [3.05, 3.63) is 71.3 Å². The van der Waals surface area contributed by atoms with E-state index in [4.69, 9.17) is 4.74 Å². The Morgan fingerprint density at radius 3 is 2.55 bits per heavy atom. The minimum atomic E-state index is -0.734. The first-order chi connectivity index (χ1) is 10.6. The minimum absolute atomic E-state index is 0.271. The van der Waals surface area contributed by atoms with E-state index >= 15 is 0 Å². The van der Waals surface area contributed by atoms with E-state index in [0.29, 0.717) is 19.7 Å². The molecule has 2 aromatic carbocycles. The van der Waals surface area contributed by atoms with Crippen LogP contribution in [0.15, 0.2) is 48.5 Å². The lowest BCUT2D eigenvalue weighted by atomic mass is 10.1. The highest BCUT2D eigenvalue weighted by atomic mass is 19.1. The molecule has 0 fully saturated rings. The molecule has 0 saturated carbocycles. The smallest absolute Gasteiger partial charge is 0.257 e. The summed E-state index contributed by atoms with van der Waals surface area (Å²) in [6, 6.07) is 12.2. The number of rotatable bonds is 6. The van der Waals surface area contributed by atoms with Crippen LogP contribution in [0.25, 0.3) is 0 Å². The van der Waals surface area contributed by atoms with Gasteiger partial charge in [-0.2, -0.15) is 0 Å². The Labute approximate surface area is 128 Å². The van der Waals surface area contributed by atoms with Gasteiger partial charge in [-0.25, -0.2) is 8.78 Å². The molecular formula is C17H17F2NO2. The number of hydrogen-bond acceptors (Lipinski definition) is 2. The van der Waals surface area contributed by atoms with Gasteiger partial charge in [-0.3, -0.25) is 4.79 Å². The highest BCUT2D eigenvalue weighted by Crippen LogP contribution is 2.15. The van der Waals surface area contributed by atoms with E-state index in [1.807, 2.05) is 30.3 Å². The molecule has 0 unspecified atom stereocenters. The molecular weight excluding hydrogens is 288 g/mol. The molecule has 2 aromatic rings. The third-order valence-electron chi connectivity index (χ3n) is 3.23. The molecule has 0 aliphatic heterocycles. The Balaban J connectivity index is 2.24. The number of amides is 1. The number of halogens is 2. The highest BCUT2D eigenvalue weighted by Gasteiger charge is 2.20. The van der Waals surface area contributed by atoms with Crippen molar-refractivity contribution >= 4 is 5.91 Å². The Hall–Kier alpha value is -2.27. The second-order valence-corrected chi connectivity index (χ2v) is 4.83. The van der Waals surface area contributed by atoms with E-state index in [9.17, 15) is 13.6 Å². The van der Waals surface area contributed by atoms with Crippen LogP contribution >= 0.6 is 0 Å². The van der Waals surface area contributed by atoms with Crippen molar-refractivity contribution in [2.75, 3.05) is 20.3 Å². The normalized spacial score (nSPS) is 10.5. The molecule has 116 valence electrons. The van der Waals surface area contributed by atoms with Gasteiger partial charge in [-0.05, 0) is 23.8 Å². The number of carbonyl (C=O) groups is 1. The summed E-state index contributed by atoms with van der Waals surface area (Å²) in [5.41, 5.74) is 0.635. The lowest BCUT2D eigenvalue weighted by Crippen LogP contribution is -2.34. The molecule has 2 rings (SSSR count). The van der Waals surface area contributed by atoms with E-state index in [1.165, 1.54) is 12.0 Å². The average molecular weight is 305 g/mol. The minimum Gasteiger partial charge on any atom is -0.383 e. The van der Waals surface area contributed by atoms with E-state index in [1.54, 1.807) is 0 Å². The zero-order valence-electron chi connectivity index (χ0n) is 12.3. The monoisotopic (exact) mass is 305 g/mol. The van der Waals surface area contributed by atoms with E-state index in [2.05, 4.69) is 0 Å². The van der Waals surface area contributed by atoms with Crippen molar-refractivity contribution < 1.29 is 18.3 Å². The first-order valence-corrected chi connectivity index (χ1v) is 6.89. The first-order valence-electron chi connectivity index (χ1n) is 6.89. The van der Waals surface area contributed by atoms with Crippen LogP contribution in [0.2, 0.25) is 0 Å². The number of ether oxygens (including phenoxy) is 1. The quantitative estimate of drug-likeness (QED) is 0.820. The predicted octanol–water partition coefficient (Wildman–Crippen LogP) is 3.25. The molecule has 0 spiro atoms. The van der Waals surface area contributed by atoms with Crippen molar-refractivity contribution in [2.24, 2.45) is 0 Å². The Kier molecular flexibility index (Phi) is 5.61. The molecule has 0 aliphatic carbocycles. The summed E-state index contributed by atoms with van der Waals surface area (Å²) < 4.78 is 32.1. The topological polar surface area (TPSA) is 29.5 Å². The van der Waals surface area contributed by atoms with Gasteiger partial charge >= 0.3 is 0 Å². The zero-order chi connectivity index (χ0) is 15.9. The maximum absolute atomic E-state index is 13.8. The largest absolute Gasteiger partial charge is 0.383 e. The van der Waals surface area contributed by atoms with Crippen LogP contribution < -0.4 is 0 Å². The Bertz CT molecular complexity index is 632. The van der Waals surface area contributed by atoms with Gasteiger partial charge in [0.2, 0.25) is 0 Å². The van der Waals surface area contributed by atoms with Crippen LogP contribution in [-0.2, 0) is 11.3 Å². The van der Waals surface area contributed by atoms with Crippen LogP contribution in [0.1, 0.15) is 15.9 Å². The number of hydrogen-bond donors (Lipinski definition) is 0.